The molecule has 0 atom stereocenters. The zero-order chi connectivity index (χ0) is 22.1. The molecule has 31 heavy (non-hydrogen) atoms. The monoisotopic (exact) mass is 435 g/mol. The van der Waals surface area contributed by atoms with Crippen LogP contribution in [0.25, 0.3) is 16.9 Å². The van der Waals surface area contributed by atoms with E-state index in [1.165, 1.54) is 5.56 Å². The minimum absolute atomic E-state index is 0.0125. The maximum Gasteiger partial charge on any atom is 0.255 e. The molecule has 1 fully saturated rings. The molecule has 0 spiro atoms. The number of hydrogen-bond acceptors (Lipinski definition) is 2. The van der Waals surface area contributed by atoms with Gasteiger partial charge in [-0.2, -0.15) is 0 Å². The van der Waals surface area contributed by atoms with Gasteiger partial charge < -0.3 is 15.2 Å². The van der Waals surface area contributed by atoms with Gasteiger partial charge in [-0.15, -0.1) is 0 Å². The first-order chi connectivity index (χ1) is 14.8. The summed E-state index contributed by atoms with van der Waals surface area (Å²) < 4.78 is 2.12. The Bertz CT molecular complexity index is 1110. The molecule has 2 aromatic carbocycles. The minimum Gasteiger partial charge on any atom is -0.369 e. The highest BCUT2D eigenvalue weighted by Gasteiger charge is 2.29. The van der Waals surface area contributed by atoms with E-state index in [-0.39, 0.29) is 17.7 Å². The molecule has 2 heterocycles. The highest BCUT2D eigenvalue weighted by atomic mass is 35.5. The predicted molar refractivity (Wildman–Crippen MR) is 124 cm³/mol. The van der Waals surface area contributed by atoms with Crippen LogP contribution in [0.2, 0.25) is 5.02 Å². The lowest BCUT2D eigenvalue weighted by Gasteiger charge is -2.30. The fourth-order valence-electron chi connectivity index (χ4n) is 4.22. The number of amides is 2. The van der Waals surface area contributed by atoms with Gasteiger partial charge in [-0.05, 0) is 62.6 Å². The molecule has 6 heteroatoms. The first kappa shape index (κ1) is 21.2. The first-order valence-corrected chi connectivity index (χ1v) is 10.9. The molecule has 3 aromatic rings. The van der Waals surface area contributed by atoms with Gasteiger partial charge in [0.1, 0.15) is 0 Å². The fraction of sp³-hybridized carbons (Fsp3) is 0.280. The normalized spacial score (nSPS) is 14.6. The summed E-state index contributed by atoms with van der Waals surface area (Å²) in [5.41, 5.74) is 11.1. The van der Waals surface area contributed by atoms with E-state index in [2.05, 4.69) is 35.8 Å². The van der Waals surface area contributed by atoms with Gasteiger partial charge in [-0.1, -0.05) is 41.4 Å². The number of nitrogens with zero attached hydrogens (tertiary/aromatic N) is 2. The van der Waals surface area contributed by atoms with Crippen molar-refractivity contribution in [2.24, 2.45) is 11.7 Å². The summed E-state index contributed by atoms with van der Waals surface area (Å²) in [5.74, 6) is -0.438. The number of primary amides is 1. The van der Waals surface area contributed by atoms with Crippen molar-refractivity contribution in [2.45, 2.75) is 26.7 Å². The molecular weight excluding hydrogens is 410 g/mol. The maximum atomic E-state index is 13.4. The van der Waals surface area contributed by atoms with Crippen LogP contribution in [0.4, 0.5) is 0 Å². The largest absolute Gasteiger partial charge is 0.369 e. The van der Waals surface area contributed by atoms with E-state index < -0.39 is 0 Å². The van der Waals surface area contributed by atoms with Gasteiger partial charge in [0.05, 0.1) is 11.3 Å². The van der Waals surface area contributed by atoms with Crippen LogP contribution >= 0.6 is 11.6 Å². The molecule has 0 unspecified atom stereocenters. The molecule has 1 aromatic heterocycles. The summed E-state index contributed by atoms with van der Waals surface area (Å²) >= 11 is 6.10. The third-order valence-electron chi connectivity index (χ3n) is 6.09. The Labute approximate surface area is 187 Å². The summed E-state index contributed by atoms with van der Waals surface area (Å²) in [7, 11) is 0. The van der Waals surface area contributed by atoms with Crippen LogP contribution in [0.5, 0.6) is 0 Å². The Balaban J connectivity index is 1.74. The molecule has 2 N–H and O–H groups in total. The van der Waals surface area contributed by atoms with Crippen molar-refractivity contribution in [1.82, 2.24) is 9.47 Å². The quantitative estimate of drug-likeness (QED) is 0.642. The second-order valence-corrected chi connectivity index (χ2v) is 8.61. The van der Waals surface area contributed by atoms with Crippen LogP contribution in [-0.4, -0.2) is 34.4 Å². The van der Waals surface area contributed by atoms with E-state index in [4.69, 9.17) is 17.3 Å². The van der Waals surface area contributed by atoms with Crippen LogP contribution in [0.1, 0.15) is 34.5 Å². The number of benzene rings is 2. The van der Waals surface area contributed by atoms with Gasteiger partial charge in [0.25, 0.3) is 5.91 Å². The van der Waals surface area contributed by atoms with E-state index in [0.29, 0.717) is 36.5 Å². The van der Waals surface area contributed by atoms with E-state index in [0.717, 1.165) is 22.6 Å². The van der Waals surface area contributed by atoms with Gasteiger partial charge in [-0.25, -0.2) is 0 Å². The lowest BCUT2D eigenvalue weighted by molar-refractivity contribution is -0.123. The van der Waals surface area contributed by atoms with Crippen molar-refractivity contribution < 1.29 is 9.59 Å². The average Bonchev–Trinajstić information content (AvgIpc) is 3.11. The number of carbonyl (C=O) groups excluding carboxylic acids is 2. The summed E-state index contributed by atoms with van der Waals surface area (Å²) in [6.07, 6.45) is 1.23. The number of rotatable bonds is 4. The molecule has 160 valence electrons. The van der Waals surface area contributed by atoms with Crippen LogP contribution in [-0.2, 0) is 4.79 Å². The standard InChI is InChI=1S/C25H26ClN3O2/c1-16-3-9-21(10-4-16)29-17(2)22(15-23(29)18-5-7-20(26)8-6-18)25(31)28-13-11-19(12-14-28)24(27)30/h3-10,15,19H,11-14H2,1-2H3,(H2,27,30). The number of carbonyl (C=O) groups is 2. The zero-order valence-corrected chi connectivity index (χ0v) is 18.5. The average molecular weight is 436 g/mol. The summed E-state index contributed by atoms with van der Waals surface area (Å²) in [4.78, 5) is 26.7. The number of aromatic nitrogens is 1. The van der Waals surface area contributed by atoms with E-state index in [9.17, 15) is 9.59 Å². The van der Waals surface area contributed by atoms with E-state index >= 15 is 0 Å². The maximum absolute atomic E-state index is 13.4. The van der Waals surface area contributed by atoms with E-state index in [1.807, 2.05) is 42.2 Å². The Hall–Kier alpha value is -3.05. The van der Waals surface area contributed by atoms with Crippen LogP contribution in [0.15, 0.2) is 54.6 Å². The number of likely N-dealkylation sites (tertiary alicyclic amines) is 1. The Kier molecular flexibility index (Phi) is 5.88. The number of halogens is 1. The molecule has 0 aliphatic carbocycles. The van der Waals surface area contributed by atoms with Crippen LogP contribution in [0.3, 0.4) is 0 Å². The zero-order valence-electron chi connectivity index (χ0n) is 17.8. The number of nitrogens with two attached hydrogens (primary N) is 1. The van der Waals surface area contributed by atoms with Crippen molar-refractivity contribution in [3.05, 3.63) is 76.4 Å². The van der Waals surface area contributed by atoms with Gasteiger partial charge >= 0.3 is 0 Å². The van der Waals surface area contributed by atoms with Gasteiger partial charge in [-0.3, -0.25) is 9.59 Å². The molecule has 1 aliphatic rings. The summed E-state index contributed by atoms with van der Waals surface area (Å²) in [6.45, 7) is 5.11. The van der Waals surface area contributed by atoms with Gasteiger partial charge in [0.15, 0.2) is 0 Å². The molecule has 5 nitrogen and oxygen atoms in total. The van der Waals surface area contributed by atoms with Crippen molar-refractivity contribution in [3.63, 3.8) is 0 Å². The Morgan fingerprint density at radius 3 is 2.16 bits per heavy atom. The molecule has 4 rings (SSSR count). The highest BCUT2D eigenvalue weighted by molar-refractivity contribution is 6.30. The third kappa shape index (κ3) is 4.23. The summed E-state index contributed by atoms with van der Waals surface area (Å²) in [6, 6.07) is 17.9. The molecule has 0 saturated carbocycles. The van der Waals surface area contributed by atoms with Crippen molar-refractivity contribution in [2.75, 3.05) is 13.1 Å². The second kappa shape index (κ2) is 8.60. The van der Waals surface area contributed by atoms with Crippen LogP contribution in [0, 0.1) is 19.8 Å². The Morgan fingerprint density at radius 2 is 1.58 bits per heavy atom. The fourth-order valence-corrected chi connectivity index (χ4v) is 4.35. The van der Waals surface area contributed by atoms with Crippen molar-refractivity contribution >= 4 is 23.4 Å². The molecule has 0 radical (unpaired) electrons. The third-order valence-corrected chi connectivity index (χ3v) is 6.35. The van der Waals surface area contributed by atoms with Crippen LogP contribution < -0.4 is 5.73 Å². The number of piperidine rings is 1. The topological polar surface area (TPSA) is 68.3 Å². The van der Waals surface area contributed by atoms with Gasteiger partial charge in [0, 0.05) is 35.4 Å². The van der Waals surface area contributed by atoms with Crippen molar-refractivity contribution in [3.8, 4) is 16.9 Å². The lowest BCUT2D eigenvalue weighted by Crippen LogP contribution is -2.41. The predicted octanol–water partition coefficient (Wildman–Crippen LogP) is 4.75. The molecule has 2 amide bonds. The molecular formula is C25H26ClN3O2. The first-order valence-electron chi connectivity index (χ1n) is 10.5. The molecule has 0 bridgehead atoms. The van der Waals surface area contributed by atoms with Crippen molar-refractivity contribution in [1.29, 1.82) is 0 Å². The van der Waals surface area contributed by atoms with Gasteiger partial charge in [0.2, 0.25) is 5.91 Å². The summed E-state index contributed by atoms with van der Waals surface area (Å²) in [5, 5.41) is 0.669. The second-order valence-electron chi connectivity index (χ2n) is 8.18. The molecule has 1 saturated heterocycles. The smallest absolute Gasteiger partial charge is 0.255 e. The number of hydrogen-bond donors (Lipinski definition) is 1. The number of aryl methyl sites for hydroxylation is 1. The van der Waals surface area contributed by atoms with E-state index in [1.54, 1.807) is 0 Å². The lowest BCUT2D eigenvalue weighted by atomic mass is 9.96. The Morgan fingerprint density at radius 1 is 0.968 bits per heavy atom. The highest BCUT2D eigenvalue weighted by Crippen LogP contribution is 2.32. The minimum atomic E-state index is -0.279. The molecule has 1 aliphatic heterocycles. The SMILES string of the molecule is Cc1ccc(-n2c(-c3ccc(Cl)cc3)cc(C(=O)N3CCC(C(N)=O)CC3)c2C)cc1.